The van der Waals surface area contributed by atoms with Crippen LogP contribution in [-0.2, 0) is 11.8 Å². The summed E-state index contributed by atoms with van der Waals surface area (Å²) in [6.07, 6.45) is 2.29. The highest BCUT2D eigenvalue weighted by atomic mass is 16.3. The molecule has 1 aromatic rings. The summed E-state index contributed by atoms with van der Waals surface area (Å²) in [5.74, 6) is -0.470. The predicted molar refractivity (Wildman–Crippen MR) is 74.1 cm³/mol. The fraction of sp³-hybridized carbons (Fsp3) is 0.571. The van der Waals surface area contributed by atoms with Gasteiger partial charge in [0.1, 0.15) is 5.69 Å². The molecular weight excluding hydrogens is 258 g/mol. The molecule has 1 saturated heterocycles. The van der Waals surface area contributed by atoms with Crippen molar-refractivity contribution in [1.29, 1.82) is 0 Å². The Bertz CT molecular complexity index is 496. The van der Waals surface area contributed by atoms with E-state index >= 15 is 0 Å². The zero-order valence-corrected chi connectivity index (χ0v) is 11.9. The molecule has 2 atom stereocenters. The van der Waals surface area contributed by atoms with Gasteiger partial charge in [0.25, 0.3) is 5.91 Å². The number of likely N-dealkylation sites (tertiary alicyclic amines) is 1. The second-order valence-electron chi connectivity index (χ2n) is 5.41. The molecule has 6 heteroatoms. The first-order chi connectivity index (χ1) is 9.47. The van der Waals surface area contributed by atoms with Crippen molar-refractivity contribution in [3.05, 3.63) is 24.0 Å². The molecule has 0 saturated carbocycles. The molecule has 2 rings (SSSR count). The molecular formula is C14H21N3O3. The standard InChI is InChI=1S/C14H21N3O3/c1-10(18)11-5-7-17(8-11)9-13(19)15-14(20)12-4-3-6-16(12)2/h3-4,6,10-11,18H,5,7-9H2,1-2H3,(H,15,19,20). The highest BCUT2D eigenvalue weighted by Crippen LogP contribution is 2.18. The normalized spacial score (nSPS) is 20.9. The van der Waals surface area contributed by atoms with Gasteiger partial charge in [-0.3, -0.25) is 19.8 Å². The Balaban J connectivity index is 1.82. The number of aryl methyl sites for hydroxylation is 1. The van der Waals surface area contributed by atoms with Crippen molar-refractivity contribution in [2.24, 2.45) is 13.0 Å². The molecule has 2 heterocycles. The molecule has 1 fully saturated rings. The van der Waals surface area contributed by atoms with Gasteiger partial charge >= 0.3 is 0 Å². The number of hydrogen-bond donors (Lipinski definition) is 2. The van der Waals surface area contributed by atoms with Gasteiger partial charge in [-0.05, 0) is 37.9 Å². The van der Waals surface area contributed by atoms with Crippen LogP contribution in [0.4, 0.5) is 0 Å². The van der Waals surface area contributed by atoms with Gasteiger partial charge in [0.05, 0.1) is 12.6 Å². The molecule has 0 radical (unpaired) electrons. The first-order valence-electron chi connectivity index (χ1n) is 6.83. The number of carbonyl (C=O) groups is 2. The number of aliphatic hydroxyl groups is 1. The second kappa shape index (κ2) is 6.19. The van der Waals surface area contributed by atoms with E-state index in [-0.39, 0.29) is 30.4 Å². The topological polar surface area (TPSA) is 74.6 Å². The fourth-order valence-corrected chi connectivity index (χ4v) is 2.53. The van der Waals surface area contributed by atoms with Crippen molar-refractivity contribution in [3.63, 3.8) is 0 Å². The number of carbonyl (C=O) groups excluding carboxylic acids is 2. The number of aliphatic hydroxyl groups excluding tert-OH is 1. The van der Waals surface area contributed by atoms with Crippen molar-refractivity contribution < 1.29 is 14.7 Å². The number of nitrogens with one attached hydrogen (secondary N) is 1. The summed E-state index contributed by atoms with van der Waals surface area (Å²) < 4.78 is 1.67. The number of nitrogens with zero attached hydrogens (tertiary/aromatic N) is 2. The third kappa shape index (κ3) is 3.46. The largest absolute Gasteiger partial charge is 0.393 e. The summed E-state index contributed by atoms with van der Waals surface area (Å²) in [4.78, 5) is 25.7. The monoisotopic (exact) mass is 279 g/mol. The molecule has 1 aliphatic heterocycles. The Labute approximate surface area is 118 Å². The Morgan fingerprint density at radius 1 is 1.55 bits per heavy atom. The van der Waals surface area contributed by atoms with Gasteiger partial charge in [0, 0.05) is 19.8 Å². The van der Waals surface area contributed by atoms with Crippen molar-refractivity contribution in [1.82, 2.24) is 14.8 Å². The summed E-state index contributed by atoms with van der Waals surface area (Å²) in [5, 5.41) is 11.9. The van der Waals surface area contributed by atoms with E-state index < -0.39 is 0 Å². The molecule has 110 valence electrons. The van der Waals surface area contributed by atoms with Crippen LogP contribution in [0.2, 0.25) is 0 Å². The quantitative estimate of drug-likeness (QED) is 0.812. The van der Waals surface area contributed by atoms with Gasteiger partial charge in [-0.2, -0.15) is 0 Å². The lowest BCUT2D eigenvalue weighted by atomic mass is 10.0. The number of rotatable bonds is 4. The van der Waals surface area contributed by atoms with E-state index in [4.69, 9.17) is 0 Å². The van der Waals surface area contributed by atoms with Gasteiger partial charge in [0.15, 0.2) is 0 Å². The lowest BCUT2D eigenvalue weighted by molar-refractivity contribution is -0.121. The zero-order valence-electron chi connectivity index (χ0n) is 11.9. The van der Waals surface area contributed by atoms with Crippen LogP contribution >= 0.6 is 0 Å². The summed E-state index contributed by atoms with van der Waals surface area (Å²) in [6, 6.07) is 3.43. The highest BCUT2D eigenvalue weighted by molar-refractivity contribution is 6.04. The second-order valence-corrected chi connectivity index (χ2v) is 5.41. The fourth-order valence-electron chi connectivity index (χ4n) is 2.53. The minimum Gasteiger partial charge on any atom is -0.393 e. The van der Waals surface area contributed by atoms with Crippen molar-refractivity contribution >= 4 is 11.8 Å². The maximum atomic E-state index is 11.9. The molecule has 1 aromatic heterocycles. The van der Waals surface area contributed by atoms with E-state index in [1.807, 2.05) is 4.90 Å². The van der Waals surface area contributed by atoms with Gasteiger partial charge in [-0.1, -0.05) is 0 Å². The third-order valence-electron chi connectivity index (χ3n) is 3.79. The molecule has 0 aliphatic carbocycles. The Kier molecular flexibility index (Phi) is 4.57. The molecule has 2 N–H and O–H groups in total. The summed E-state index contributed by atoms with van der Waals surface area (Å²) in [6.45, 7) is 3.44. The maximum absolute atomic E-state index is 11.9. The number of imide groups is 1. The molecule has 20 heavy (non-hydrogen) atoms. The van der Waals surface area contributed by atoms with Gasteiger partial charge in [0.2, 0.25) is 5.91 Å². The first kappa shape index (κ1) is 14.7. The van der Waals surface area contributed by atoms with Crippen LogP contribution in [0, 0.1) is 5.92 Å². The lowest BCUT2D eigenvalue weighted by Crippen LogP contribution is -2.40. The molecule has 0 spiro atoms. The number of hydrogen-bond acceptors (Lipinski definition) is 4. The molecule has 6 nitrogen and oxygen atoms in total. The van der Waals surface area contributed by atoms with Crippen LogP contribution in [0.25, 0.3) is 0 Å². The molecule has 0 bridgehead atoms. The van der Waals surface area contributed by atoms with Crippen molar-refractivity contribution in [2.45, 2.75) is 19.4 Å². The summed E-state index contributed by atoms with van der Waals surface area (Å²) in [7, 11) is 1.76. The van der Waals surface area contributed by atoms with E-state index in [9.17, 15) is 14.7 Å². The van der Waals surface area contributed by atoms with Crippen LogP contribution < -0.4 is 5.32 Å². The Morgan fingerprint density at radius 3 is 2.85 bits per heavy atom. The van der Waals surface area contributed by atoms with E-state index in [0.717, 1.165) is 13.0 Å². The average Bonchev–Trinajstić information content (AvgIpc) is 2.97. The molecule has 2 amide bonds. The van der Waals surface area contributed by atoms with Gasteiger partial charge < -0.3 is 9.67 Å². The highest BCUT2D eigenvalue weighted by Gasteiger charge is 2.27. The third-order valence-corrected chi connectivity index (χ3v) is 3.79. The smallest absolute Gasteiger partial charge is 0.274 e. The van der Waals surface area contributed by atoms with Gasteiger partial charge in [-0.15, -0.1) is 0 Å². The van der Waals surface area contributed by atoms with E-state index in [1.165, 1.54) is 0 Å². The Hall–Kier alpha value is -1.66. The zero-order chi connectivity index (χ0) is 14.7. The number of aromatic nitrogens is 1. The minimum absolute atomic E-state index is 0.194. The molecule has 0 aromatic carbocycles. The molecule has 2 unspecified atom stereocenters. The van der Waals surface area contributed by atoms with E-state index in [2.05, 4.69) is 5.32 Å². The number of amides is 2. The predicted octanol–water partition coefficient (Wildman–Crippen LogP) is -0.0158. The minimum atomic E-state index is -0.381. The average molecular weight is 279 g/mol. The summed E-state index contributed by atoms with van der Waals surface area (Å²) in [5.41, 5.74) is 0.460. The van der Waals surface area contributed by atoms with Gasteiger partial charge in [-0.25, -0.2) is 0 Å². The van der Waals surface area contributed by atoms with Crippen LogP contribution in [0.1, 0.15) is 23.8 Å². The van der Waals surface area contributed by atoms with Crippen LogP contribution in [0.15, 0.2) is 18.3 Å². The SMILES string of the molecule is CC(O)C1CCN(CC(=O)NC(=O)c2cccn2C)C1. The van der Waals surface area contributed by atoms with E-state index in [0.29, 0.717) is 12.2 Å². The van der Waals surface area contributed by atoms with Crippen LogP contribution in [0.5, 0.6) is 0 Å². The maximum Gasteiger partial charge on any atom is 0.274 e. The lowest BCUT2D eigenvalue weighted by Gasteiger charge is -2.16. The van der Waals surface area contributed by atoms with Crippen molar-refractivity contribution in [3.8, 4) is 0 Å². The van der Waals surface area contributed by atoms with E-state index in [1.54, 1.807) is 36.9 Å². The van der Waals surface area contributed by atoms with Crippen molar-refractivity contribution in [2.75, 3.05) is 19.6 Å². The Morgan fingerprint density at radius 2 is 2.30 bits per heavy atom. The summed E-state index contributed by atoms with van der Waals surface area (Å²) >= 11 is 0. The first-order valence-corrected chi connectivity index (χ1v) is 6.83. The molecule has 1 aliphatic rings. The van der Waals surface area contributed by atoms with Crippen LogP contribution in [-0.4, -0.2) is 52.1 Å². The van der Waals surface area contributed by atoms with Crippen LogP contribution in [0.3, 0.4) is 0 Å².